The monoisotopic (exact) mass is 466 g/mol. The molecule has 1 aromatic heterocycles. The second kappa shape index (κ2) is 9.81. The maximum Gasteiger partial charge on any atom is 0.251 e. The van der Waals surface area contributed by atoms with Crippen LogP contribution in [0, 0.1) is 11.7 Å². The standard InChI is InChI=1S/C21H21Cl2FN4OS/c1-12(2)18(25-20(29)14-6-9-16(22)17(23)10-14)19-26-27-21(28(19)3)30-11-13-4-7-15(24)8-5-13/h4-10,12,18H,11H2,1-3H3,(H,25,29)/t18-/m0/s1. The average molecular weight is 467 g/mol. The van der Waals surface area contributed by atoms with Crippen LogP contribution in [0.2, 0.25) is 10.0 Å². The van der Waals surface area contributed by atoms with E-state index in [1.165, 1.54) is 30.0 Å². The summed E-state index contributed by atoms with van der Waals surface area (Å²) < 4.78 is 14.9. The minimum absolute atomic E-state index is 0.0783. The van der Waals surface area contributed by atoms with Crippen LogP contribution in [0.5, 0.6) is 0 Å². The first-order valence-corrected chi connectivity index (χ1v) is 11.0. The number of hydrogen-bond donors (Lipinski definition) is 1. The number of carbonyl (C=O) groups excluding carboxylic acids is 1. The number of benzene rings is 2. The summed E-state index contributed by atoms with van der Waals surface area (Å²) in [6.07, 6.45) is 0. The van der Waals surface area contributed by atoms with Crippen molar-refractivity contribution < 1.29 is 9.18 Å². The molecule has 0 radical (unpaired) electrons. The van der Waals surface area contributed by atoms with E-state index in [2.05, 4.69) is 15.5 Å². The van der Waals surface area contributed by atoms with Gasteiger partial charge >= 0.3 is 0 Å². The third-order valence-corrected chi connectivity index (χ3v) is 6.39. The molecule has 0 aliphatic rings. The molecule has 1 amide bonds. The van der Waals surface area contributed by atoms with Crippen molar-refractivity contribution >= 4 is 40.9 Å². The Kier molecular flexibility index (Phi) is 7.39. The predicted octanol–water partition coefficient (Wildman–Crippen LogP) is 5.68. The quantitative estimate of drug-likeness (QED) is 0.454. The zero-order chi connectivity index (χ0) is 21.8. The van der Waals surface area contributed by atoms with Crippen molar-refractivity contribution in [3.63, 3.8) is 0 Å². The number of amides is 1. The summed E-state index contributed by atoms with van der Waals surface area (Å²) in [6, 6.07) is 10.8. The summed E-state index contributed by atoms with van der Waals surface area (Å²) >= 11 is 13.5. The van der Waals surface area contributed by atoms with Gasteiger partial charge in [0.1, 0.15) is 5.82 Å². The molecular formula is C21H21Cl2FN4OS. The van der Waals surface area contributed by atoms with Gasteiger partial charge < -0.3 is 9.88 Å². The van der Waals surface area contributed by atoms with E-state index in [1.54, 1.807) is 24.3 Å². The molecule has 2 aromatic carbocycles. The number of aromatic nitrogens is 3. The van der Waals surface area contributed by atoms with Crippen molar-refractivity contribution in [3.05, 3.63) is 75.3 Å². The van der Waals surface area contributed by atoms with Crippen LogP contribution >= 0.6 is 35.0 Å². The maximum atomic E-state index is 13.1. The fourth-order valence-electron chi connectivity index (χ4n) is 2.84. The molecule has 0 unspecified atom stereocenters. The first-order valence-electron chi connectivity index (χ1n) is 9.28. The van der Waals surface area contributed by atoms with Crippen molar-refractivity contribution in [1.29, 1.82) is 0 Å². The highest BCUT2D eigenvalue weighted by Crippen LogP contribution is 2.27. The molecule has 9 heteroatoms. The van der Waals surface area contributed by atoms with Crippen molar-refractivity contribution in [3.8, 4) is 0 Å². The molecule has 0 saturated heterocycles. The Hall–Kier alpha value is -2.09. The van der Waals surface area contributed by atoms with Crippen LogP contribution in [0.1, 0.15) is 41.6 Å². The number of hydrogen-bond acceptors (Lipinski definition) is 4. The highest BCUT2D eigenvalue weighted by molar-refractivity contribution is 7.98. The highest BCUT2D eigenvalue weighted by Gasteiger charge is 2.25. The molecule has 158 valence electrons. The minimum Gasteiger partial charge on any atom is -0.342 e. The molecule has 3 aromatic rings. The molecular weight excluding hydrogens is 446 g/mol. The van der Waals surface area contributed by atoms with Crippen molar-refractivity contribution in [2.24, 2.45) is 13.0 Å². The van der Waals surface area contributed by atoms with Gasteiger partial charge in [-0.15, -0.1) is 10.2 Å². The molecule has 0 saturated carbocycles. The van der Waals surface area contributed by atoms with Crippen LogP contribution < -0.4 is 5.32 Å². The average Bonchev–Trinajstić information content (AvgIpc) is 3.07. The van der Waals surface area contributed by atoms with E-state index < -0.39 is 0 Å². The summed E-state index contributed by atoms with van der Waals surface area (Å²) in [5.74, 6) is 0.835. The predicted molar refractivity (Wildman–Crippen MR) is 118 cm³/mol. The van der Waals surface area contributed by atoms with Gasteiger partial charge in [-0.2, -0.15) is 0 Å². The van der Waals surface area contributed by atoms with Crippen molar-refractivity contribution in [2.75, 3.05) is 0 Å². The zero-order valence-corrected chi connectivity index (χ0v) is 19.0. The molecule has 0 bridgehead atoms. The molecule has 5 nitrogen and oxygen atoms in total. The second-order valence-electron chi connectivity index (χ2n) is 7.14. The fourth-order valence-corrected chi connectivity index (χ4v) is 4.01. The number of rotatable bonds is 7. The zero-order valence-electron chi connectivity index (χ0n) is 16.7. The summed E-state index contributed by atoms with van der Waals surface area (Å²) in [6.45, 7) is 4.00. The Labute approximate surface area is 189 Å². The summed E-state index contributed by atoms with van der Waals surface area (Å²) in [5.41, 5.74) is 1.41. The molecule has 1 N–H and O–H groups in total. The SMILES string of the molecule is CC(C)[C@H](NC(=O)c1ccc(Cl)c(Cl)c1)c1nnc(SCc2ccc(F)cc2)n1C. The number of nitrogens with zero attached hydrogens (tertiary/aromatic N) is 3. The summed E-state index contributed by atoms with van der Waals surface area (Å²) in [5, 5.41) is 13.0. The lowest BCUT2D eigenvalue weighted by Gasteiger charge is -2.22. The molecule has 0 aliphatic carbocycles. The molecule has 0 spiro atoms. The van der Waals surface area contributed by atoms with Gasteiger partial charge in [-0.25, -0.2) is 4.39 Å². The molecule has 30 heavy (non-hydrogen) atoms. The van der Waals surface area contributed by atoms with E-state index in [-0.39, 0.29) is 23.7 Å². The van der Waals surface area contributed by atoms with Gasteiger partial charge in [0.2, 0.25) is 0 Å². The fraction of sp³-hybridized carbons (Fsp3) is 0.286. The number of nitrogens with one attached hydrogen (secondary N) is 1. The Morgan fingerprint density at radius 1 is 1.13 bits per heavy atom. The first kappa shape index (κ1) is 22.6. The Bertz CT molecular complexity index is 1040. The lowest BCUT2D eigenvalue weighted by atomic mass is 10.0. The van der Waals surface area contributed by atoms with E-state index in [0.717, 1.165) is 5.56 Å². The van der Waals surface area contributed by atoms with Crippen LogP contribution in [0.25, 0.3) is 0 Å². The minimum atomic E-state index is -0.343. The number of thioether (sulfide) groups is 1. The molecule has 1 atom stereocenters. The largest absolute Gasteiger partial charge is 0.342 e. The van der Waals surface area contributed by atoms with Gasteiger partial charge in [0, 0.05) is 18.4 Å². The lowest BCUT2D eigenvalue weighted by Crippen LogP contribution is -2.33. The van der Waals surface area contributed by atoms with Gasteiger partial charge in [-0.3, -0.25) is 4.79 Å². The van der Waals surface area contributed by atoms with Gasteiger partial charge in [-0.05, 0) is 41.8 Å². The van der Waals surface area contributed by atoms with Gasteiger partial charge in [0.15, 0.2) is 11.0 Å². The molecule has 0 fully saturated rings. The lowest BCUT2D eigenvalue weighted by molar-refractivity contribution is 0.0922. The Morgan fingerprint density at radius 3 is 2.47 bits per heavy atom. The van der Waals surface area contributed by atoms with Crippen molar-refractivity contribution in [1.82, 2.24) is 20.1 Å². The second-order valence-corrected chi connectivity index (χ2v) is 8.90. The molecule has 1 heterocycles. The van der Waals surface area contributed by atoms with Crippen LogP contribution in [-0.4, -0.2) is 20.7 Å². The number of carbonyl (C=O) groups is 1. The summed E-state index contributed by atoms with van der Waals surface area (Å²) in [4.78, 5) is 12.7. The van der Waals surface area contributed by atoms with E-state index in [0.29, 0.717) is 32.3 Å². The first-order chi connectivity index (χ1) is 14.3. The van der Waals surface area contributed by atoms with Gasteiger partial charge in [-0.1, -0.05) is 60.9 Å². The van der Waals surface area contributed by atoms with Crippen LogP contribution in [-0.2, 0) is 12.8 Å². The van der Waals surface area contributed by atoms with Gasteiger partial charge in [0.05, 0.1) is 16.1 Å². The smallest absolute Gasteiger partial charge is 0.251 e. The van der Waals surface area contributed by atoms with E-state index in [9.17, 15) is 9.18 Å². The third-order valence-electron chi connectivity index (χ3n) is 4.56. The van der Waals surface area contributed by atoms with Crippen LogP contribution in [0.3, 0.4) is 0 Å². The van der Waals surface area contributed by atoms with Crippen LogP contribution in [0.15, 0.2) is 47.6 Å². The molecule has 3 rings (SSSR count). The Morgan fingerprint density at radius 2 is 1.83 bits per heavy atom. The summed E-state index contributed by atoms with van der Waals surface area (Å²) in [7, 11) is 1.86. The maximum absolute atomic E-state index is 13.1. The van der Waals surface area contributed by atoms with Crippen LogP contribution in [0.4, 0.5) is 4.39 Å². The normalized spacial score (nSPS) is 12.2. The van der Waals surface area contributed by atoms with E-state index in [4.69, 9.17) is 23.2 Å². The van der Waals surface area contributed by atoms with Crippen molar-refractivity contribution in [2.45, 2.75) is 30.8 Å². The third kappa shape index (κ3) is 5.33. The van der Waals surface area contributed by atoms with Gasteiger partial charge in [0.25, 0.3) is 5.91 Å². The Balaban J connectivity index is 1.75. The molecule has 0 aliphatic heterocycles. The number of halogens is 3. The topological polar surface area (TPSA) is 59.8 Å². The van der Waals surface area contributed by atoms with E-state index >= 15 is 0 Å². The van der Waals surface area contributed by atoms with E-state index in [1.807, 2.05) is 25.5 Å². The highest BCUT2D eigenvalue weighted by atomic mass is 35.5.